The highest BCUT2D eigenvalue weighted by atomic mass is 35.5. The molecule has 0 bridgehead atoms. The predicted molar refractivity (Wildman–Crippen MR) is 73.5 cm³/mol. The van der Waals surface area contributed by atoms with Crippen molar-refractivity contribution < 1.29 is 13.2 Å². The number of ether oxygens (including phenoxy) is 1. The highest BCUT2D eigenvalue weighted by molar-refractivity contribution is 7.92. The van der Waals surface area contributed by atoms with Crippen molar-refractivity contribution in [1.29, 1.82) is 0 Å². The van der Waals surface area contributed by atoms with Crippen LogP contribution in [0.3, 0.4) is 0 Å². The van der Waals surface area contributed by atoms with Crippen LogP contribution in [0.1, 0.15) is 0 Å². The van der Waals surface area contributed by atoms with Crippen LogP contribution < -0.4 is 9.04 Å². The maximum atomic E-state index is 12.6. The first-order chi connectivity index (χ1) is 9.59. The lowest BCUT2D eigenvalue weighted by molar-refractivity contribution is 0.316. The van der Waals surface area contributed by atoms with E-state index in [0.29, 0.717) is 18.0 Å². The molecule has 1 aliphatic heterocycles. The van der Waals surface area contributed by atoms with E-state index in [1.54, 1.807) is 24.3 Å². The highest BCUT2D eigenvalue weighted by Crippen LogP contribution is 2.34. The summed E-state index contributed by atoms with van der Waals surface area (Å²) in [5.41, 5.74) is 0.508. The van der Waals surface area contributed by atoms with E-state index in [2.05, 4.69) is 9.97 Å². The Morgan fingerprint density at radius 2 is 1.90 bits per heavy atom. The SMILES string of the molecule is O=S(=O)(c1cnc(Cl)nc1)N1CCOc2ccccc21. The van der Waals surface area contributed by atoms with E-state index in [0.717, 1.165) is 0 Å². The number of sulfonamides is 1. The van der Waals surface area contributed by atoms with Crippen LogP contribution in [-0.4, -0.2) is 31.5 Å². The standard InChI is InChI=1S/C12H10ClN3O3S/c13-12-14-7-9(8-15-12)20(17,18)16-5-6-19-11-4-2-1-3-10(11)16/h1-4,7-8H,5-6H2. The minimum absolute atomic E-state index is 0.00129. The van der Waals surface area contributed by atoms with Crippen LogP contribution in [0.4, 0.5) is 5.69 Å². The van der Waals surface area contributed by atoms with E-state index in [4.69, 9.17) is 16.3 Å². The molecule has 104 valence electrons. The van der Waals surface area contributed by atoms with Gasteiger partial charge in [-0.1, -0.05) is 12.1 Å². The second-order valence-corrected chi connectivity index (χ2v) is 6.28. The Labute approximate surface area is 121 Å². The van der Waals surface area contributed by atoms with Crippen LogP contribution in [0.15, 0.2) is 41.6 Å². The van der Waals surface area contributed by atoms with E-state index < -0.39 is 10.0 Å². The molecule has 0 saturated heterocycles. The summed E-state index contributed by atoms with van der Waals surface area (Å²) in [5.74, 6) is 0.539. The lowest BCUT2D eigenvalue weighted by Crippen LogP contribution is -2.38. The summed E-state index contributed by atoms with van der Waals surface area (Å²) in [6.07, 6.45) is 2.39. The van der Waals surface area contributed by atoms with Crippen molar-refractivity contribution in [3.05, 3.63) is 41.9 Å². The van der Waals surface area contributed by atoms with Gasteiger partial charge in [-0.15, -0.1) is 0 Å². The van der Waals surface area contributed by atoms with E-state index >= 15 is 0 Å². The number of hydrogen-bond acceptors (Lipinski definition) is 5. The molecular formula is C12H10ClN3O3S. The Morgan fingerprint density at radius 1 is 1.20 bits per heavy atom. The zero-order valence-electron chi connectivity index (χ0n) is 10.2. The normalized spacial score (nSPS) is 14.6. The third-order valence-electron chi connectivity index (χ3n) is 2.87. The number of fused-ring (bicyclic) bond motifs is 1. The van der Waals surface area contributed by atoms with Gasteiger partial charge in [0, 0.05) is 0 Å². The third kappa shape index (κ3) is 2.19. The molecule has 6 nitrogen and oxygen atoms in total. The number of aromatic nitrogens is 2. The van der Waals surface area contributed by atoms with Crippen molar-refractivity contribution in [1.82, 2.24) is 9.97 Å². The number of para-hydroxylation sites is 2. The van der Waals surface area contributed by atoms with Crippen molar-refractivity contribution in [3.8, 4) is 5.75 Å². The molecule has 0 aliphatic carbocycles. The number of hydrogen-bond donors (Lipinski definition) is 0. The summed E-state index contributed by atoms with van der Waals surface area (Å²) >= 11 is 5.58. The van der Waals surface area contributed by atoms with Gasteiger partial charge >= 0.3 is 0 Å². The summed E-state index contributed by atoms with van der Waals surface area (Å²) < 4.78 is 32.0. The van der Waals surface area contributed by atoms with Gasteiger partial charge in [-0.2, -0.15) is 0 Å². The first kappa shape index (κ1) is 13.1. The monoisotopic (exact) mass is 311 g/mol. The van der Waals surface area contributed by atoms with Gasteiger partial charge in [0.15, 0.2) is 0 Å². The van der Waals surface area contributed by atoms with Crippen LogP contribution in [0.5, 0.6) is 5.75 Å². The fourth-order valence-electron chi connectivity index (χ4n) is 1.95. The largest absolute Gasteiger partial charge is 0.489 e. The molecule has 20 heavy (non-hydrogen) atoms. The van der Waals surface area contributed by atoms with E-state index in [1.807, 2.05) is 0 Å². The summed E-state index contributed by atoms with van der Waals surface area (Å²) in [4.78, 5) is 7.43. The number of anilines is 1. The van der Waals surface area contributed by atoms with Gasteiger partial charge < -0.3 is 4.74 Å². The second kappa shape index (κ2) is 4.92. The topological polar surface area (TPSA) is 72.4 Å². The van der Waals surface area contributed by atoms with Crippen molar-refractivity contribution in [2.24, 2.45) is 0 Å². The van der Waals surface area contributed by atoms with Crippen LogP contribution in [0, 0.1) is 0 Å². The first-order valence-corrected chi connectivity index (χ1v) is 7.63. The number of nitrogens with zero attached hydrogens (tertiary/aromatic N) is 3. The molecule has 2 aromatic rings. The number of benzene rings is 1. The summed E-state index contributed by atoms with van der Waals surface area (Å²) in [5, 5.41) is 0.00586. The van der Waals surface area contributed by atoms with Gasteiger partial charge in [-0.05, 0) is 23.7 Å². The molecule has 0 amide bonds. The van der Waals surface area contributed by atoms with E-state index in [-0.39, 0.29) is 16.7 Å². The molecule has 0 radical (unpaired) electrons. The first-order valence-electron chi connectivity index (χ1n) is 5.81. The Kier molecular flexibility index (Phi) is 3.23. The van der Waals surface area contributed by atoms with Gasteiger partial charge in [-0.25, -0.2) is 18.4 Å². The summed E-state index contributed by atoms with van der Waals surface area (Å²) in [6.45, 7) is 0.534. The molecule has 2 heterocycles. The molecule has 1 aromatic carbocycles. The molecule has 0 fully saturated rings. The molecule has 0 N–H and O–H groups in total. The van der Waals surface area contributed by atoms with Crippen LogP contribution >= 0.6 is 11.6 Å². The smallest absolute Gasteiger partial charge is 0.267 e. The zero-order chi connectivity index (χ0) is 14.2. The van der Waals surface area contributed by atoms with Gasteiger partial charge in [0.2, 0.25) is 5.28 Å². The van der Waals surface area contributed by atoms with Gasteiger partial charge in [0.05, 0.1) is 24.6 Å². The molecule has 1 aliphatic rings. The molecule has 0 saturated carbocycles. The van der Waals surface area contributed by atoms with Crippen LogP contribution in [-0.2, 0) is 10.0 Å². The Hall–Kier alpha value is -1.86. The second-order valence-electron chi connectivity index (χ2n) is 4.08. The fraction of sp³-hybridized carbons (Fsp3) is 0.167. The summed E-state index contributed by atoms with van der Waals surface area (Å²) in [7, 11) is -3.72. The van der Waals surface area contributed by atoms with Crippen LogP contribution in [0.25, 0.3) is 0 Å². The van der Waals surface area contributed by atoms with E-state index in [1.165, 1.54) is 16.7 Å². The summed E-state index contributed by atoms with van der Waals surface area (Å²) in [6, 6.07) is 6.98. The highest BCUT2D eigenvalue weighted by Gasteiger charge is 2.30. The maximum absolute atomic E-state index is 12.6. The maximum Gasteiger partial charge on any atom is 0.267 e. The van der Waals surface area contributed by atoms with Crippen molar-refractivity contribution in [2.75, 3.05) is 17.5 Å². The van der Waals surface area contributed by atoms with Gasteiger partial charge in [-0.3, -0.25) is 4.31 Å². The molecule has 0 atom stereocenters. The lowest BCUT2D eigenvalue weighted by Gasteiger charge is -2.30. The lowest BCUT2D eigenvalue weighted by atomic mass is 10.2. The third-order valence-corrected chi connectivity index (χ3v) is 4.83. The number of rotatable bonds is 2. The molecule has 1 aromatic heterocycles. The molecule has 3 rings (SSSR count). The average Bonchev–Trinajstić information content (AvgIpc) is 2.47. The molecule has 8 heteroatoms. The zero-order valence-corrected chi connectivity index (χ0v) is 11.8. The Morgan fingerprint density at radius 3 is 2.65 bits per heavy atom. The predicted octanol–water partition coefficient (Wildman–Crippen LogP) is 1.72. The molecular weight excluding hydrogens is 302 g/mol. The van der Waals surface area contributed by atoms with Crippen LogP contribution in [0.2, 0.25) is 5.28 Å². The minimum Gasteiger partial charge on any atom is -0.489 e. The minimum atomic E-state index is -3.72. The fourth-order valence-corrected chi connectivity index (χ4v) is 3.40. The van der Waals surface area contributed by atoms with Gasteiger partial charge in [0.1, 0.15) is 17.3 Å². The van der Waals surface area contributed by atoms with Gasteiger partial charge in [0.25, 0.3) is 10.0 Å². The van der Waals surface area contributed by atoms with Crippen molar-refractivity contribution in [3.63, 3.8) is 0 Å². The molecule has 0 spiro atoms. The number of halogens is 1. The average molecular weight is 312 g/mol. The Balaban J connectivity index is 2.07. The van der Waals surface area contributed by atoms with Crippen molar-refractivity contribution >= 4 is 27.3 Å². The van der Waals surface area contributed by atoms with Crippen molar-refractivity contribution in [2.45, 2.75) is 4.90 Å². The van der Waals surface area contributed by atoms with E-state index in [9.17, 15) is 8.42 Å². The quantitative estimate of drug-likeness (QED) is 0.790. The Bertz CT molecular complexity index is 734. The molecule has 0 unspecified atom stereocenters.